The summed E-state index contributed by atoms with van der Waals surface area (Å²) in [6.45, 7) is 14.9. The lowest BCUT2D eigenvalue weighted by Gasteiger charge is -2.32. The fourth-order valence-electron chi connectivity index (χ4n) is 5.02. The van der Waals surface area contributed by atoms with Gasteiger partial charge in [-0.2, -0.15) is 0 Å². The summed E-state index contributed by atoms with van der Waals surface area (Å²) in [5.74, 6) is 2.05. The van der Waals surface area contributed by atoms with E-state index in [1.165, 1.54) is 11.1 Å². The van der Waals surface area contributed by atoms with E-state index in [2.05, 4.69) is 119 Å². The molecule has 0 bridgehead atoms. The average molecular weight is 486 g/mol. The van der Waals surface area contributed by atoms with Crippen molar-refractivity contribution in [2.45, 2.75) is 72.6 Å². The van der Waals surface area contributed by atoms with Crippen LogP contribution in [0.3, 0.4) is 0 Å². The van der Waals surface area contributed by atoms with Crippen LogP contribution in [-0.4, -0.2) is 30.6 Å². The molecule has 1 atom stereocenters. The fourth-order valence-corrected chi connectivity index (χ4v) is 5.02. The average Bonchev–Trinajstić information content (AvgIpc) is 2.86. The van der Waals surface area contributed by atoms with Crippen LogP contribution in [0.1, 0.15) is 76.1 Å². The summed E-state index contributed by atoms with van der Waals surface area (Å²) in [5.41, 5.74) is 5.92. The topological polar surface area (TPSA) is 21.7 Å². The van der Waals surface area contributed by atoms with Gasteiger partial charge in [-0.25, -0.2) is 0 Å². The molecule has 0 aliphatic carbocycles. The molecule has 0 heterocycles. The molecule has 0 spiro atoms. The normalized spacial score (nSPS) is 12.2. The van der Waals surface area contributed by atoms with Crippen molar-refractivity contribution in [2.24, 2.45) is 0 Å². The van der Waals surface area contributed by atoms with Crippen molar-refractivity contribution in [2.75, 3.05) is 13.7 Å². The number of hydrogen-bond donors (Lipinski definition) is 0. The molecule has 36 heavy (non-hydrogen) atoms. The molecule has 0 aromatic heterocycles. The summed E-state index contributed by atoms with van der Waals surface area (Å²) in [6.07, 6.45) is 1.00. The minimum atomic E-state index is 0.201. The quantitative estimate of drug-likeness (QED) is 0.241. The Kier molecular flexibility index (Phi) is 10.2. The van der Waals surface area contributed by atoms with Gasteiger partial charge in [-0.1, -0.05) is 60.7 Å². The number of allylic oxidation sites excluding steroid dienone is 1. The summed E-state index contributed by atoms with van der Waals surface area (Å²) >= 11 is 0. The molecule has 0 saturated heterocycles. The van der Waals surface area contributed by atoms with Crippen LogP contribution in [0.25, 0.3) is 5.76 Å². The lowest BCUT2D eigenvalue weighted by atomic mass is 9.86. The van der Waals surface area contributed by atoms with Crippen LogP contribution in [-0.2, 0) is 11.3 Å². The Labute approximate surface area is 218 Å². The molecule has 3 aromatic rings. The third-order valence-corrected chi connectivity index (χ3v) is 6.75. The SMILES string of the molecule is COC(=C(C)C)c1ccc(OCc2ccccc2)c(C(CCN(C(C)C)C(C)C)c2ccccc2)c1. The Bertz CT molecular complexity index is 1090. The number of methoxy groups -OCH3 is 1. The number of hydrogen-bond acceptors (Lipinski definition) is 3. The number of rotatable bonds is 12. The number of benzene rings is 3. The first-order chi connectivity index (χ1) is 17.3. The van der Waals surface area contributed by atoms with Crippen molar-refractivity contribution in [3.05, 3.63) is 107 Å². The first-order valence-electron chi connectivity index (χ1n) is 13.1. The van der Waals surface area contributed by atoms with Crippen molar-refractivity contribution in [1.29, 1.82) is 0 Å². The molecule has 0 fully saturated rings. The van der Waals surface area contributed by atoms with E-state index in [0.29, 0.717) is 18.7 Å². The van der Waals surface area contributed by atoms with Crippen LogP contribution < -0.4 is 4.74 Å². The second-order valence-electron chi connectivity index (χ2n) is 10.2. The lowest BCUT2D eigenvalue weighted by Crippen LogP contribution is -2.38. The molecule has 0 amide bonds. The van der Waals surface area contributed by atoms with Gasteiger partial charge in [0.15, 0.2) is 0 Å². The molecule has 0 radical (unpaired) electrons. The molecule has 3 heteroatoms. The molecule has 3 aromatic carbocycles. The van der Waals surface area contributed by atoms with E-state index in [0.717, 1.165) is 41.2 Å². The molecule has 1 unspecified atom stereocenters. The number of nitrogens with zero attached hydrogens (tertiary/aromatic N) is 1. The molecule has 3 rings (SSSR count). The van der Waals surface area contributed by atoms with E-state index in [1.54, 1.807) is 7.11 Å². The number of ether oxygens (including phenoxy) is 2. The van der Waals surface area contributed by atoms with Gasteiger partial charge in [0.1, 0.15) is 18.1 Å². The highest BCUT2D eigenvalue weighted by atomic mass is 16.5. The fraction of sp³-hybridized carbons (Fsp3) is 0.394. The van der Waals surface area contributed by atoms with Gasteiger partial charge in [0.05, 0.1) is 7.11 Å². The molecule has 0 aliphatic rings. The van der Waals surface area contributed by atoms with Gasteiger partial charge < -0.3 is 9.47 Å². The summed E-state index contributed by atoms with van der Waals surface area (Å²) in [5, 5.41) is 0. The van der Waals surface area contributed by atoms with Crippen LogP contribution in [0.2, 0.25) is 0 Å². The maximum atomic E-state index is 6.49. The van der Waals surface area contributed by atoms with Gasteiger partial charge in [-0.05, 0) is 89.4 Å². The Hall–Kier alpha value is -3.04. The summed E-state index contributed by atoms with van der Waals surface area (Å²) in [4.78, 5) is 2.57. The van der Waals surface area contributed by atoms with Crippen LogP contribution >= 0.6 is 0 Å². The Morgan fingerprint density at radius 3 is 1.97 bits per heavy atom. The van der Waals surface area contributed by atoms with Gasteiger partial charge in [-0.3, -0.25) is 4.90 Å². The summed E-state index contributed by atoms with van der Waals surface area (Å²) < 4.78 is 12.3. The van der Waals surface area contributed by atoms with Gasteiger partial charge in [0.25, 0.3) is 0 Å². The zero-order valence-corrected chi connectivity index (χ0v) is 23.1. The van der Waals surface area contributed by atoms with E-state index in [1.807, 2.05) is 6.07 Å². The van der Waals surface area contributed by atoms with Gasteiger partial charge in [0, 0.05) is 29.1 Å². The lowest BCUT2D eigenvalue weighted by molar-refractivity contribution is 0.170. The van der Waals surface area contributed by atoms with Crippen LogP contribution in [0.15, 0.2) is 84.4 Å². The molecule has 3 nitrogen and oxygen atoms in total. The Morgan fingerprint density at radius 2 is 1.42 bits per heavy atom. The van der Waals surface area contributed by atoms with Crippen molar-refractivity contribution in [1.82, 2.24) is 4.90 Å². The molecule has 0 N–H and O–H groups in total. The smallest absolute Gasteiger partial charge is 0.124 e. The van der Waals surface area contributed by atoms with E-state index in [-0.39, 0.29) is 5.92 Å². The van der Waals surface area contributed by atoms with Crippen molar-refractivity contribution >= 4 is 5.76 Å². The van der Waals surface area contributed by atoms with Crippen LogP contribution in [0, 0.1) is 0 Å². The monoisotopic (exact) mass is 485 g/mol. The zero-order chi connectivity index (χ0) is 26.1. The molecular weight excluding hydrogens is 442 g/mol. The second kappa shape index (κ2) is 13.3. The highest BCUT2D eigenvalue weighted by Gasteiger charge is 2.23. The molecular formula is C33H43NO2. The minimum Gasteiger partial charge on any atom is -0.496 e. The third kappa shape index (κ3) is 7.24. The van der Waals surface area contributed by atoms with Crippen molar-refractivity contribution < 1.29 is 9.47 Å². The highest BCUT2D eigenvalue weighted by molar-refractivity contribution is 5.65. The standard InChI is InChI=1S/C33H43NO2/c1-24(2)33(35-7)29-18-19-32(36-23-27-14-10-8-11-15-27)31(22-29)30(28-16-12-9-13-17-28)20-21-34(25(3)4)26(5)6/h8-19,22,25-26,30H,20-21,23H2,1-7H3. The van der Waals surface area contributed by atoms with E-state index in [4.69, 9.17) is 9.47 Å². The van der Waals surface area contributed by atoms with Crippen molar-refractivity contribution in [3.63, 3.8) is 0 Å². The predicted molar refractivity (Wildman–Crippen MR) is 152 cm³/mol. The largest absolute Gasteiger partial charge is 0.496 e. The van der Waals surface area contributed by atoms with E-state index >= 15 is 0 Å². The highest BCUT2D eigenvalue weighted by Crippen LogP contribution is 2.38. The predicted octanol–water partition coefficient (Wildman–Crippen LogP) is 8.30. The van der Waals surface area contributed by atoms with Crippen LogP contribution in [0.4, 0.5) is 0 Å². The van der Waals surface area contributed by atoms with E-state index in [9.17, 15) is 0 Å². The maximum absolute atomic E-state index is 6.49. The van der Waals surface area contributed by atoms with Crippen molar-refractivity contribution in [3.8, 4) is 5.75 Å². The van der Waals surface area contributed by atoms with E-state index < -0.39 is 0 Å². The Balaban J connectivity index is 2.07. The third-order valence-electron chi connectivity index (χ3n) is 6.75. The maximum Gasteiger partial charge on any atom is 0.124 e. The molecule has 0 saturated carbocycles. The first kappa shape index (κ1) is 27.5. The van der Waals surface area contributed by atoms with Gasteiger partial charge in [-0.15, -0.1) is 0 Å². The van der Waals surface area contributed by atoms with Gasteiger partial charge >= 0.3 is 0 Å². The molecule has 192 valence electrons. The second-order valence-corrected chi connectivity index (χ2v) is 10.2. The van der Waals surface area contributed by atoms with Gasteiger partial charge in [0.2, 0.25) is 0 Å². The molecule has 0 aliphatic heterocycles. The van der Waals surface area contributed by atoms with Crippen LogP contribution in [0.5, 0.6) is 5.75 Å². The minimum absolute atomic E-state index is 0.201. The zero-order valence-electron chi connectivity index (χ0n) is 23.1. The summed E-state index contributed by atoms with van der Waals surface area (Å²) in [7, 11) is 1.75. The summed E-state index contributed by atoms with van der Waals surface area (Å²) in [6, 6.07) is 28.7. The Morgan fingerprint density at radius 1 is 0.806 bits per heavy atom. The first-order valence-corrected chi connectivity index (χ1v) is 13.1.